The van der Waals surface area contributed by atoms with E-state index in [1.54, 1.807) is 0 Å². The molecular formula is C16H14ClN. The lowest BCUT2D eigenvalue weighted by Crippen LogP contribution is -1.83. The van der Waals surface area contributed by atoms with Gasteiger partial charge in [-0.3, -0.25) is 4.99 Å². The summed E-state index contributed by atoms with van der Waals surface area (Å²) in [6, 6.07) is 16.1. The monoisotopic (exact) mass is 255 g/mol. The van der Waals surface area contributed by atoms with Crippen molar-refractivity contribution in [3.8, 4) is 0 Å². The Kier molecular flexibility index (Phi) is 3.16. The Labute approximate surface area is 112 Å². The van der Waals surface area contributed by atoms with E-state index in [1.165, 1.54) is 18.4 Å². The molecule has 0 saturated heterocycles. The molecule has 0 aromatic heterocycles. The minimum absolute atomic E-state index is 0.726. The molecule has 3 rings (SSSR count). The predicted octanol–water partition coefficient (Wildman–Crippen LogP) is 4.97. The Morgan fingerprint density at radius 1 is 1.00 bits per heavy atom. The molecule has 0 radical (unpaired) electrons. The number of para-hydroxylation sites is 1. The van der Waals surface area contributed by atoms with Crippen LogP contribution in [0.4, 0.5) is 5.69 Å². The highest BCUT2D eigenvalue weighted by atomic mass is 35.5. The second-order valence-corrected chi connectivity index (χ2v) is 5.08. The van der Waals surface area contributed by atoms with Crippen molar-refractivity contribution in [3.05, 3.63) is 64.7 Å². The molecule has 2 aromatic rings. The second kappa shape index (κ2) is 4.95. The van der Waals surface area contributed by atoms with Gasteiger partial charge in [0, 0.05) is 11.2 Å². The molecule has 1 fully saturated rings. The highest BCUT2D eigenvalue weighted by Crippen LogP contribution is 2.44. The van der Waals surface area contributed by atoms with E-state index >= 15 is 0 Å². The average molecular weight is 256 g/mol. The average Bonchev–Trinajstić information content (AvgIpc) is 3.23. The van der Waals surface area contributed by atoms with Gasteiger partial charge in [0.1, 0.15) is 0 Å². The maximum atomic E-state index is 5.86. The van der Waals surface area contributed by atoms with E-state index in [2.05, 4.69) is 23.2 Å². The number of benzene rings is 2. The fourth-order valence-corrected chi connectivity index (χ4v) is 2.16. The topological polar surface area (TPSA) is 12.4 Å². The zero-order valence-electron chi connectivity index (χ0n) is 10.0. The Bertz CT molecular complexity index is 568. The minimum atomic E-state index is 0.726. The molecule has 1 nitrogen and oxygen atoms in total. The van der Waals surface area contributed by atoms with Crippen molar-refractivity contribution >= 4 is 23.5 Å². The van der Waals surface area contributed by atoms with Gasteiger partial charge in [-0.25, -0.2) is 0 Å². The van der Waals surface area contributed by atoms with Crippen LogP contribution in [0.15, 0.2) is 53.5 Å². The normalized spacial score (nSPS) is 15.2. The van der Waals surface area contributed by atoms with Gasteiger partial charge in [0.05, 0.1) is 5.69 Å². The molecule has 1 aliphatic carbocycles. The molecule has 2 aromatic carbocycles. The molecule has 90 valence electrons. The lowest BCUT2D eigenvalue weighted by atomic mass is 10.1. The summed E-state index contributed by atoms with van der Waals surface area (Å²) in [5.41, 5.74) is 3.54. The molecule has 0 spiro atoms. The van der Waals surface area contributed by atoms with Gasteiger partial charge in [0.15, 0.2) is 0 Å². The molecule has 0 heterocycles. The van der Waals surface area contributed by atoms with E-state index in [-0.39, 0.29) is 0 Å². The van der Waals surface area contributed by atoms with Gasteiger partial charge in [-0.1, -0.05) is 41.9 Å². The van der Waals surface area contributed by atoms with E-state index in [4.69, 9.17) is 11.6 Å². The van der Waals surface area contributed by atoms with Crippen LogP contribution in [0.3, 0.4) is 0 Å². The Hall–Kier alpha value is -1.60. The van der Waals surface area contributed by atoms with E-state index in [1.807, 2.05) is 36.5 Å². The van der Waals surface area contributed by atoms with Crippen LogP contribution in [0.5, 0.6) is 0 Å². The summed E-state index contributed by atoms with van der Waals surface area (Å²) >= 11 is 5.86. The fourth-order valence-electron chi connectivity index (χ4n) is 2.04. The molecule has 0 amide bonds. The van der Waals surface area contributed by atoms with Crippen molar-refractivity contribution in [2.24, 2.45) is 4.99 Å². The summed E-state index contributed by atoms with van der Waals surface area (Å²) in [6.45, 7) is 0. The van der Waals surface area contributed by atoms with Crippen LogP contribution in [0.1, 0.15) is 29.9 Å². The number of aliphatic imine (C=N–C) groups is 1. The summed E-state index contributed by atoms with van der Waals surface area (Å²) in [5, 5.41) is 0.755. The van der Waals surface area contributed by atoms with Gasteiger partial charge in [-0.15, -0.1) is 0 Å². The molecular weight excluding hydrogens is 242 g/mol. The van der Waals surface area contributed by atoms with Gasteiger partial charge < -0.3 is 0 Å². The maximum Gasteiger partial charge on any atom is 0.0664 e. The lowest BCUT2D eigenvalue weighted by molar-refractivity contribution is 1.12. The molecule has 0 N–H and O–H groups in total. The smallest absolute Gasteiger partial charge is 0.0664 e. The van der Waals surface area contributed by atoms with Crippen LogP contribution in [-0.4, -0.2) is 6.21 Å². The minimum Gasteiger partial charge on any atom is -0.256 e. The van der Waals surface area contributed by atoms with Crippen LogP contribution in [0.25, 0.3) is 0 Å². The van der Waals surface area contributed by atoms with Crippen molar-refractivity contribution in [1.82, 2.24) is 0 Å². The quantitative estimate of drug-likeness (QED) is 0.687. The Morgan fingerprint density at radius 2 is 1.72 bits per heavy atom. The Morgan fingerprint density at radius 3 is 2.44 bits per heavy atom. The van der Waals surface area contributed by atoms with Crippen molar-refractivity contribution in [3.63, 3.8) is 0 Å². The van der Waals surface area contributed by atoms with Crippen molar-refractivity contribution in [2.75, 3.05) is 0 Å². The van der Waals surface area contributed by atoms with E-state index in [0.717, 1.165) is 22.2 Å². The van der Waals surface area contributed by atoms with Crippen molar-refractivity contribution in [2.45, 2.75) is 18.8 Å². The SMILES string of the molecule is Clc1ccc(C=Nc2ccccc2C2CC2)cc1. The zero-order chi connectivity index (χ0) is 12.4. The van der Waals surface area contributed by atoms with E-state index in [0.29, 0.717) is 0 Å². The van der Waals surface area contributed by atoms with Crippen molar-refractivity contribution < 1.29 is 0 Å². The fraction of sp³-hybridized carbons (Fsp3) is 0.188. The van der Waals surface area contributed by atoms with Crippen LogP contribution in [0, 0.1) is 0 Å². The molecule has 18 heavy (non-hydrogen) atoms. The van der Waals surface area contributed by atoms with Gasteiger partial charge in [-0.05, 0) is 48.1 Å². The lowest BCUT2D eigenvalue weighted by Gasteiger charge is -2.02. The summed E-state index contributed by atoms with van der Waals surface area (Å²) in [7, 11) is 0. The van der Waals surface area contributed by atoms with Crippen LogP contribution in [0.2, 0.25) is 5.02 Å². The third-order valence-corrected chi connectivity index (χ3v) is 3.43. The largest absolute Gasteiger partial charge is 0.256 e. The first-order valence-electron chi connectivity index (χ1n) is 6.21. The summed E-state index contributed by atoms with van der Waals surface area (Å²) in [5.74, 6) is 0.726. The van der Waals surface area contributed by atoms with E-state index in [9.17, 15) is 0 Å². The third kappa shape index (κ3) is 2.62. The molecule has 0 aliphatic heterocycles. The Balaban J connectivity index is 1.85. The van der Waals surface area contributed by atoms with Gasteiger partial charge in [0.25, 0.3) is 0 Å². The zero-order valence-corrected chi connectivity index (χ0v) is 10.8. The highest BCUT2D eigenvalue weighted by Gasteiger charge is 2.25. The van der Waals surface area contributed by atoms with Crippen molar-refractivity contribution in [1.29, 1.82) is 0 Å². The molecule has 2 heteroatoms. The molecule has 1 aliphatic rings. The molecule has 0 atom stereocenters. The predicted molar refractivity (Wildman–Crippen MR) is 77.1 cm³/mol. The molecule has 0 bridgehead atoms. The molecule has 1 saturated carbocycles. The third-order valence-electron chi connectivity index (χ3n) is 3.18. The number of halogens is 1. The van der Waals surface area contributed by atoms with Crippen LogP contribution >= 0.6 is 11.6 Å². The second-order valence-electron chi connectivity index (χ2n) is 4.64. The number of hydrogen-bond acceptors (Lipinski definition) is 1. The number of nitrogens with zero attached hydrogens (tertiary/aromatic N) is 1. The summed E-state index contributed by atoms with van der Waals surface area (Å²) in [4.78, 5) is 4.60. The molecule has 0 unspecified atom stereocenters. The first kappa shape index (κ1) is 11.5. The van der Waals surface area contributed by atoms with Crippen LogP contribution < -0.4 is 0 Å². The standard InChI is InChI=1S/C16H14ClN/c17-14-9-5-12(6-10-14)11-18-16-4-2-1-3-15(16)13-7-8-13/h1-6,9-11,13H,7-8H2. The number of hydrogen-bond donors (Lipinski definition) is 0. The maximum absolute atomic E-state index is 5.86. The first-order valence-corrected chi connectivity index (χ1v) is 6.59. The van der Waals surface area contributed by atoms with Gasteiger partial charge in [0.2, 0.25) is 0 Å². The first-order chi connectivity index (χ1) is 8.83. The van der Waals surface area contributed by atoms with Gasteiger partial charge >= 0.3 is 0 Å². The van der Waals surface area contributed by atoms with E-state index < -0.39 is 0 Å². The number of rotatable bonds is 3. The van der Waals surface area contributed by atoms with Crippen LogP contribution in [-0.2, 0) is 0 Å². The summed E-state index contributed by atoms with van der Waals surface area (Å²) in [6.07, 6.45) is 4.50. The highest BCUT2D eigenvalue weighted by molar-refractivity contribution is 6.30. The van der Waals surface area contributed by atoms with Gasteiger partial charge in [-0.2, -0.15) is 0 Å². The summed E-state index contributed by atoms with van der Waals surface area (Å²) < 4.78 is 0.